The first kappa shape index (κ1) is 12.1. The van der Waals surface area contributed by atoms with Gasteiger partial charge in [0.1, 0.15) is 12.4 Å². The predicted molar refractivity (Wildman–Crippen MR) is 66.4 cm³/mol. The molecular formula is C12H13ClN2O2. The number of aliphatic imine (C=N–C) groups is 1. The van der Waals surface area contributed by atoms with Gasteiger partial charge in [0.15, 0.2) is 0 Å². The second-order valence-corrected chi connectivity index (χ2v) is 4.13. The van der Waals surface area contributed by atoms with Crippen LogP contribution in [0.4, 0.5) is 0 Å². The lowest BCUT2D eigenvalue weighted by Crippen LogP contribution is -2.37. The van der Waals surface area contributed by atoms with Gasteiger partial charge in [-0.1, -0.05) is 23.7 Å². The average Bonchev–Trinajstić information content (AvgIpc) is 2.78. The first-order valence-electron chi connectivity index (χ1n) is 5.32. The van der Waals surface area contributed by atoms with Crippen molar-refractivity contribution in [3.05, 3.63) is 34.9 Å². The zero-order valence-corrected chi connectivity index (χ0v) is 10.3. The Bertz CT molecular complexity index is 460. The van der Waals surface area contributed by atoms with Gasteiger partial charge in [-0.05, 0) is 12.1 Å². The van der Waals surface area contributed by atoms with Crippen LogP contribution in [-0.4, -0.2) is 43.4 Å². The van der Waals surface area contributed by atoms with E-state index in [9.17, 15) is 4.79 Å². The van der Waals surface area contributed by atoms with E-state index in [-0.39, 0.29) is 12.5 Å². The van der Waals surface area contributed by atoms with Crippen LogP contribution in [0.2, 0.25) is 5.02 Å². The Hall–Kier alpha value is -1.39. The number of methoxy groups -OCH3 is 1. The van der Waals surface area contributed by atoms with Crippen molar-refractivity contribution in [2.75, 3.05) is 26.8 Å². The van der Waals surface area contributed by atoms with Crippen LogP contribution in [0.25, 0.3) is 0 Å². The number of benzene rings is 1. The Morgan fingerprint density at radius 3 is 3.12 bits per heavy atom. The van der Waals surface area contributed by atoms with Crippen molar-refractivity contribution in [3.63, 3.8) is 0 Å². The first-order valence-corrected chi connectivity index (χ1v) is 5.70. The van der Waals surface area contributed by atoms with Crippen LogP contribution in [0, 0.1) is 0 Å². The van der Waals surface area contributed by atoms with Crippen LogP contribution < -0.4 is 0 Å². The number of nitrogens with zero attached hydrogens (tertiary/aromatic N) is 2. The largest absolute Gasteiger partial charge is 0.375 e. The lowest BCUT2D eigenvalue weighted by Gasteiger charge is -2.18. The van der Waals surface area contributed by atoms with E-state index >= 15 is 0 Å². The van der Waals surface area contributed by atoms with Gasteiger partial charge in [0.2, 0.25) is 0 Å². The van der Waals surface area contributed by atoms with Crippen molar-refractivity contribution in [2.45, 2.75) is 0 Å². The van der Waals surface area contributed by atoms with Crippen LogP contribution in [0.15, 0.2) is 29.3 Å². The molecule has 0 atom stereocenters. The molecule has 0 saturated carbocycles. The molecule has 1 aromatic rings. The molecule has 5 heteroatoms. The summed E-state index contributed by atoms with van der Waals surface area (Å²) in [7, 11) is 1.50. The summed E-state index contributed by atoms with van der Waals surface area (Å²) in [6.07, 6.45) is 0. The Morgan fingerprint density at radius 2 is 2.41 bits per heavy atom. The summed E-state index contributed by atoms with van der Waals surface area (Å²) >= 11 is 5.93. The molecule has 90 valence electrons. The van der Waals surface area contributed by atoms with E-state index in [4.69, 9.17) is 16.3 Å². The molecule has 1 amide bonds. The van der Waals surface area contributed by atoms with Crippen molar-refractivity contribution in [1.29, 1.82) is 0 Å². The minimum Gasteiger partial charge on any atom is -0.375 e. The lowest BCUT2D eigenvalue weighted by molar-refractivity contribution is -0.130. The van der Waals surface area contributed by atoms with Gasteiger partial charge in [0.25, 0.3) is 5.91 Å². The van der Waals surface area contributed by atoms with E-state index < -0.39 is 0 Å². The molecule has 0 aliphatic carbocycles. The highest BCUT2D eigenvalue weighted by molar-refractivity contribution is 6.31. The molecule has 0 N–H and O–H groups in total. The summed E-state index contributed by atoms with van der Waals surface area (Å²) in [5, 5.41) is 0.635. The van der Waals surface area contributed by atoms with E-state index in [0.717, 1.165) is 5.56 Å². The zero-order chi connectivity index (χ0) is 12.3. The van der Waals surface area contributed by atoms with E-state index in [1.54, 1.807) is 17.0 Å². The summed E-state index contributed by atoms with van der Waals surface area (Å²) in [5.41, 5.74) is 0.861. The number of hydrogen-bond acceptors (Lipinski definition) is 3. The first-order chi connectivity index (χ1) is 8.22. The monoisotopic (exact) mass is 252 g/mol. The van der Waals surface area contributed by atoms with E-state index in [2.05, 4.69) is 4.99 Å². The van der Waals surface area contributed by atoms with Gasteiger partial charge in [-0.15, -0.1) is 0 Å². The number of hydrogen-bond donors (Lipinski definition) is 0. The molecule has 0 bridgehead atoms. The summed E-state index contributed by atoms with van der Waals surface area (Å²) in [5.74, 6) is 0.596. The highest BCUT2D eigenvalue weighted by Gasteiger charge is 2.24. The third-order valence-corrected chi connectivity index (χ3v) is 2.73. The summed E-state index contributed by atoms with van der Waals surface area (Å²) in [6.45, 7) is 1.29. The van der Waals surface area contributed by atoms with Gasteiger partial charge in [-0.3, -0.25) is 14.7 Å². The molecule has 1 aliphatic heterocycles. The third kappa shape index (κ3) is 2.65. The fourth-order valence-electron chi connectivity index (χ4n) is 1.77. The fraction of sp³-hybridized carbons (Fsp3) is 0.333. The number of amidine groups is 1. The minimum absolute atomic E-state index is 0.0690. The Kier molecular flexibility index (Phi) is 3.76. The molecule has 1 aliphatic rings. The number of carbonyl (C=O) groups excluding carboxylic acids is 1. The fourth-order valence-corrected chi connectivity index (χ4v) is 1.96. The van der Waals surface area contributed by atoms with E-state index in [1.165, 1.54) is 7.11 Å². The van der Waals surface area contributed by atoms with Gasteiger partial charge < -0.3 is 4.74 Å². The Morgan fingerprint density at radius 1 is 1.59 bits per heavy atom. The van der Waals surface area contributed by atoms with Gasteiger partial charge in [0.05, 0.1) is 6.54 Å². The molecule has 0 saturated heterocycles. The summed E-state index contributed by atoms with van der Waals surface area (Å²) in [4.78, 5) is 17.8. The minimum atomic E-state index is -0.0799. The van der Waals surface area contributed by atoms with Crippen molar-refractivity contribution >= 4 is 23.3 Å². The maximum Gasteiger partial charge on any atom is 0.254 e. The van der Waals surface area contributed by atoms with Crippen molar-refractivity contribution in [2.24, 2.45) is 4.99 Å². The number of rotatable bonds is 3. The molecule has 0 spiro atoms. The third-order valence-electron chi connectivity index (χ3n) is 2.49. The smallest absolute Gasteiger partial charge is 0.254 e. The highest BCUT2D eigenvalue weighted by atomic mass is 35.5. The van der Waals surface area contributed by atoms with Crippen LogP contribution in [0.3, 0.4) is 0 Å². The number of amides is 1. The van der Waals surface area contributed by atoms with E-state index in [1.807, 2.05) is 12.1 Å². The van der Waals surface area contributed by atoms with Gasteiger partial charge in [-0.25, -0.2) is 0 Å². The summed E-state index contributed by atoms with van der Waals surface area (Å²) in [6, 6.07) is 7.33. The molecule has 0 fully saturated rings. The number of halogens is 1. The standard InChI is InChI=1S/C12H13ClN2O2/c1-17-8-11(16)15-6-5-14-12(15)9-3-2-4-10(13)7-9/h2-4,7H,5-6,8H2,1H3. The van der Waals surface area contributed by atoms with Crippen LogP contribution in [0.5, 0.6) is 0 Å². The number of ether oxygens (including phenoxy) is 1. The maximum absolute atomic E-state index is 11.8. The van der Waals surface area contributed by atoms with Gasteiger partial charge >= 0.3 is 0 Å². The second-order valence-electron chi connectivity index (χ2n) is 3.69. The van der Waals surface area contributed by atoms with Crippen molar-refractivity contribution in [1.82, 2.24) is 4.90 Å². The lowest BCUT2D eigenvalue weighted by atomic mass is 10.2. The molecule has 1 aromatic carbocycles. The van der Waals surface area contributed by atoms with Crippen LogP contribution in [0.1, 0.15) is 5.56 Å². The van der Waals surface area contributed by atoms with Crippen LogP contribution >= 0.6 is 11.6 Å². The topological polar surface area (TPSA) is 41.9 Å². The van der Waals surface area contributed by atoms with Crippen molar-refractivity contribution < 1.29 is 9.53 Å². The molecule has 2 rings (SSSR count). The molecule has 1 heterocycles. The average molecular weight is 253 g/mol. The SMILES string of the molecule is COCC(=O)N1CCN=C1c1cccc(Cl)c1. The van der Waals surface area contributed by atoms with Gasteiger partial charge in [-0.2, -0.15) is 0 Å². The molecule has 17 heavy (non-hydrogen) atoms. The van der Waals surface area contributed by atoms with Crippen molar-refractivity contribution in [3.8, 4) is 0 Å². The summed E-state index contributed by atoms with van der Waals surface area (Å²) < 4.78 is 4.85. The maximum atomic E-state index is 11.8. The van der Waals surface area contributed by atoms with Gasteiger partial charge in [0, 0.05) is 24.2 Å². The highest BCUT2D eigenvalue weighted by Crippen LogP contribution is 2.16. The second kappa shape index (κ2) is 5.29. The normalized spacial score (nSPS) is 14.9. The van der Waals surface area contributed by atoms with Crippen LogP contribution in [-0.2, 0) is 9.53 Å². The van der Waals surface area contributed by atoms with E-state index in [0.29, 0.717) is 23.9 Å². The molecule has 0 aromatic heterocycles. The predicted octanol–water partition coefficient (Wildman–Crippen LogP) is 1.58. The quantitative estimate of drug-likeness (QED) is 0.820. The Balaban J connectivity index is 2.23. The zero-order valence-electron chi connectivity index (χ0n) is 9.52. The molecular weight excluding hydrogens is 240 g/mol. The molecule has 4 nitrogen and oxygen atoms in total. The number of carbonyl (C=O) groups is 1. The molecule has 0 unspecified atom stereocenters. The molecule has 0 radical (unpaired) electrons. The Labute approximate surface area is 105 Å².